The van der Waals surface area contributed by atoms with Crippen molar-refractivity contribution in [3.8, 4) is 5.75 Å². The van der Waals surface area contributed by atoms with E-state index in [0.29, 0.717) is 18.8 Å². The number of allylic oxidation sites excluding steroid dienone is 3. The molecular formula is C27H37NO4. The van der Waals surface area contributed by atoms with Gasteiger partial charge in [-0.05, 0) is 61.6 Å². The number of nitrogens with one attached hydrogen (secondary N) is 1. The molecule has 1 amide bonds. The van der Waals surface area contributed by atoms with Gasteiger partial charge in [-0.15, -0.1) is 0 Å². The normalized spacial score (nSPS) is 20.2. The van der Waals surface area contributed by atoms with Gasteiger partial charge in [-0.3, -0.25) is 9.59 Å². The molecule has 1 aromatic rings. The molecule has 1 aromatic carbocycles. The maximum absolute atomic E-state index is 12.7. The second-order valence-electron chi connectivity index (χ2n) is 9.09. The molecule has 2 aliphatic carbocycles. The van der Waals surface area contributed by atoms with Crippen molar-refractivity contribution >= 4 is 11.7 Å². The van der Waals surface area contributed by atoms with E-state index in [0.717, 1.165) is 43.6 Å². The average Bonchev–Trinajstić information content (AvgIpc) is 3.56. The fraction of sp³-hybridized carbons (Fsp3) is 0.556. The highest BCUT2D eigenvalue weighted by Gasteiger charge is 2.33. The molecule has 32 heavy (non-hydrogen) atoms. The average molecular weight is 440 g/mol. The van der Waals surface area contributed by atoms with E-state index in [1.807, 2.05) is 42.5 Å². The molecule has 0 radical (unpaired) electrons. The van der Waals surface area contributed by atoms with E-state index in [1.165, 1.54) is 12.8 Å². The van der Waals surface area contributed by atoms with Gasteiger partial charge in [-0.1, -0.05) is 49.8 Å². The van der Waals surface area contributed by atoms with Crippen molar-refractivity contribution in [1.82, 2.24) is 5.32 Å². The predicted molar refractivity (Wildman–Crippen MR) is 126 cm³/mol. The Morgan fingerprint density at radius 2 is 2.03 bits per heavy atom. The first-order chi connectivity index (χ1) is 15.6. The van der Waals surface area contributed by atoms with Gasteiger partial charge in [0.2, 0.25) is 5.91 Å². The van der Waals surface area contributed by atoms with Crippen LogP contribution in [0.25, 0.3) is 0 Å². The second-order valence-corrected chi connectivity index (χ2v) is 9.09. The number of ether oxygens (including phenoxy) is 1. The Bertz CT molecular complexity index is 797. The van der Waals surface area contributed by atoms with Crippen LogP contribution in [0.4, 0.5) is 0 Å². The van der Waals surface area contributed by atoms with Crippen LogP contribution in [-0.4, -0.2) is 36.1 Å². The maximum atomic E-state index is 12.7. The maximum Gasteiger partial charge on any atom is 0.220 e. The summed E-state index contributed by atoms with van der Waals surface area (Å²) in [6.45, 7) is 3.12. The highest BCUT2D eigenvalue weighted by molar-refractivity contribution is 5.89. The topological polar surface area (TPSA) is 75.6 Å². The third-order valence-corrected chi connectivity index (χ3v) is 6.31. The molecule has 1 fully saturated rings. The van der Waals surface area contributed by atoms with Gasteiger partial charge in [0.1, 0.15) is 24.2 Å². The first-order valence-electron chi connectivity index (χ1n) is 12.1. The van der Waals surface area contributed by atoms with Crippen LogP contribution in [0.2, 0.25) is 0 Å². The third kappa shape index (κ3) is 7.94. The third-order valence-electron chi connectivity index (χ3n) is 6.31. The lowest BCUT2D eigenvalue weighted by molar-refractivity contribution is -0.121. The molecule has 3 rings (SSSR count). The molecule has 0 saturated heterocycles. The molecule has 0 heterocycles. The van der Waals surface area contributed by atoms with E-state index in [4.69, 9.17) is 4.74 Å². The summed E-state index contributed by atoms with van der Waals surface area (Å²) in [6.07, 6.45) is 11.9. The van der Waals surface area contributed by atoms with Gasteiger partial charge >= 0.3 is 0 Å². The summed E-state index contributed by atoms with van der Waals surface area (Å²) in [7, 11) is 0. The minimum absolute atomic E-state index is 0.127. The van der Waals surface area contributed by atoms with Crippen molar-refractivity contribution in [3.05, 3.63) is 54.1 Å². The molecule has 1 unspecified atom stereocenters. The number of rotatable bonds is 14. The van der Waals surface area contributed by atoms with Gasteiger partial charge < -0.3 is 15.2 Å². The number of Topliss-reactive ketones (excluding diaryl/α,β-unsaturated/α-hetero) is 1. The smallest absolute Gasteiger partial charge is 0.220 e. The number of hydrogen-bond donors (Lipinski definition) is 2. The van der Waals surface area contributed by atoms with Crippen LogP contribution in [-0.2, 0) is 9.59 Å². The van der Waals surface area contributed by atoms with Crippen LogP contribution in [0.3, 0.4) is 0 Å². The summed E-state index contributed by atoms with van der Waals surface area (Å²) >= 11 is 0. The standard InChI is InChI=1S/C27H37NO4/c1-2-7-21(8-6-11-26(31)28-18-20-12-13-20)27-22(15-17-25(27)30)14-16-23(29)19-32-24-9-4-3-5-10-24/h3-5,9-10,14-16,20-21,23,27,29H,2,6-8,11-13,17-19H2,1H3,(H,28,31)/b16-14+/t21-,23-,27?/m1/s1. The zero-order chi connectivity index (χ0) is 22.8. The lowest BCUT2D eigenvalue weighted by Crippen LogP contribution is -2.26. The number of para-hydroxylation sites is 1. The summed E-state index contributed by atoms with van der Waals surface area (Å²) in [4.78, 5) is 24.8. The van der Waals surface area contributed by atoms with E-state index in [9.17, 15) is 14.7 Å². The number of carbonyl (C=O) groups is 2. The Kier molecular flexibility index (Phi) is 9.54. The molecule has 0 spiro atoms. The highest BCUT2D eigenvalue weighted by atomic mass is 16.5. The molecule has 0 bridgehead atoms. The number of carbonyl (C=O) groups excluding carboxylic acids is 2. The van der Waals surface area contributed by atoms with E-state index in [-0.39, 0.29) is 30.1 Å². The number of hydrogen-bond acceptors (Lipinski definition) is 4. The van der Waals surface area contributed by atoms with Crippen LogP contribution < -0.4 is 10.1 Å². The Hall–Kier alpha value is -2.40. The predicted octanol–water partition coefficient (Wildman–Crippen LogP) is 4.61. The van der Waals surface area contributed by atoms with Crippen molar-refractivity contribution in [1.29, 1.82) is 0 Å². The van der Waals surface area contributed by atoms with Gasteiger partial charge in [-0.25, -0.2) is 0 Å². The van der Waals surface area contributed by atoms with Crippen molar-refractivity contribution in [3.63, 3.8) is 0 Å². The largest absolute Gasteiger partial charge is 0.491 e. The van der Waals surface area contributed by atoms with Gasteiger partial charge in [0.05, 0.1) is 0 Å². The van der Waals surface area contributed by atoms with E-state index in [1.54, 1.807) is 6.08 Å². The van der Waals surface area contributed by atoms with Gasteiger partial charge in [0, 0.05) is 25.3 Å². The van der Waals surface area contributed by atoms with Crippen LogP contribution in [0, 0.1) is 17.8 Å². The van der Waals surface area contributed by atoms with Crippen LogP contribution in [0.15, 0.2) is 54.1 Å². The zero-order valence-electron chi connectivity index (χ0n) is 19.2. The molecule has 2 aliphatic rings. The van der Waals surface area contributed by atoms with Gasteiger partial charge in [-0.2, -0.15) is 0 Å². The number of ketones is 1. The minimum Gasteiger partial charge on any atom is -0.491 e. The van der Waals surface area contributed by atoms with Gasteiger partial charge in [0.25, 0.3) is 0 Å². The van der Waals surface area contributed by atoms with Crippen LogP contribution >= 0.6 is 0 Å². The van der Waals surface area contributed by atoms with E-state index in [2.05, 4.69) is 12.2 Å². The quantitative estimate of drug-likeness (QED) is 0.444. The summed E-state index contributed by atoms with van der Waals surface area (Å²) in [5.74, 6) is 1.88. The number of aliphatic hydroxyl groups excluding tert-OH is 1. The van der Waals surface area contributed by atoms with Crippen LogP contribution in [0.1, 0.15) is 58.3 Å². The zero-order valence-corrected chi connectivity index (χ0v) is 19.2. The van der Waals surface area contributed by atoms with Gasteiger partial charge in [0.15, 0.2) is 0 Å². The second kappa shape index (κ2) is 12.6. The summed E-state index contributed by atoms with van der Waals surface area (Å²) in [5.41, 5.74) is 0.991. The molecule has 5 heteroatoms. The van der Waals surface area contributed by atoms with Crippen molar-refractivity contribution in [2.45, 2.75) is 64.4 Å². The molecule has 174 valence electrons. The molecule has 3 atom stereocenters. The Morgan fingerprint density at radius 1 is 1.25 bits per heavy atom. The van der Waals surface area contributed by atoms with Crippen molar-refractivity contribution < 1.29 is 19.4 Å². The summed E-state index contributed by atoms with van der Waals surface area (Å²) < 4.78 is 5.61. The highest BCUT2D eigenvalue weighted by Crippen LogP contribution is 2.36. The minimum atomic E-state index is -0.743. The molecule has 1 saturated carbocycles. The molecule has 0 aliphatic heterocycles. The Labute approximate surface area is 191 Å². The Morgan fingerprint density at radius 3 is 2.75 bits per heavy atom. The molecule has 2 N–H and O–H groups in total. The van der Waals surface area contributed by atoms with E-state index >= 15 is 0 Å². The number of amides is 1. The number of benzene rings is 1. The van der Waals surface area contributed by atoms with Crippen LogP contribution in [0.5, 0.6) is 5.75 Å². The fourth-order valence-corrected chi connectivity index (χ4v) is 4.38. The first-order valence-corrected chi connectivity index (χ1v) is 12.1. The number of aliphatic hydroxyl groups is 1. The van der Waals surface area contributed by atoms with E-state index < -0.39 is 6.10 Å². The summed E-state index contributed by atoms with van der Waals surface area (Å²) in [6, 6.07) is 9.40. The summed E-state index contributed by atoms with van der Waals surface area (Å²) in [5, 5.41) is 13.3. The first kappa shape index (κ1) is 24.2. The fourth-order valence-electron chi connectivity index (χ4n) is 4.38. The van der Waals surface area contributed by atoms with Crippen molar-refractivity contribution in [2.24, 2.45) is 17.8 Å². The lowest BCUT2D eigenvalue weighted by Gasteiger charge is -2.24. The molecule has 5 nitrogen and oxygen atoms in total. The SMILES string of the molecule is CCC[C@H](CCCC(=O)NCC1CC1)C1C(=O)CC=C1/C=C/[C@@H](O)COc1ccccc1. The molecule has 0 aromatic heterocycles. The molecular weight excluding hydrogens is 402 g/mol. The Balaban J connectivity index is 1.49. The van der Waals surface area contributed by atoms with Crippen molar-refractivity contribution in [2.75, 3.05) is 13.2 Å². The lowest BCUT2D eigenvalue weighted by atomic mass is 9.80. The monoisotopic (exact) mass is 439 g/mol.